The Balaban J connectivity index is 2.91. The quantitative estimate of drug-likeness (QED) is 0.525. The van der Waals surface area contributed by atoms with Crippen LogP contribution in [0, 0.1) is 0 Å². The molecule has 0 unspecified atom stereocenters. The van der Waals surface area contributed by atoms with Gasteiger partial charge in [0.1, 0.15) is 5.49 Å². The Morgan fingerprint density at radius 1 is 1.60 bits per heavy atom. The molecular formula is C8H10N2. The summed E-state index contributed by atoms with van der Waals surface area (Å²) in [7, 11) is 0. The number of hydrogen-bond acceptors (Lipinski definition) is 1. The fourth-order valence-electron chi connectivity index (χ4n) is 1.31. The molecule has 0 saturated carbocycles. The van der Waals surface area contributed by atoms with Gasteiger partial charge in [-0.1, -0.05) is 5.57 Å². The molecule has 1 aromatic rings. The Hall–Kier alpha value is -1.05. The van der Waals surface area contributed by atoms with Gasteiger partial charge in [0.25, 0.3) is 0 Å². The van der Waals surface area contributed by atoms with Crippen molar-refractivity contribution in [1.82, 2.24) is 4.98 Å². The SMILES string of the molecule is CC1=c2cc[nH]c2=NCC1. The molecule has 0 fully saturated rings. The maximum Gasteiger partial charge on any atom is 0.132 e. The minimum absolute atomic E-state index is 0.944. The van der Waals surface area contributed by atoms with Crippen LogP contribution in [0.25, 0.3) is 5.57 Å². The Morgan fingerprint density at radius 3 is 3.30 bits per heavy atom. The van der Waals surface area contributed by atoms with Crippen molar-refractivity contribution in [3.63, 3.8) is 0 Å². The Labute approximate surface area is 59.3 Å². The molecule has 2 heteroatoms. The molecule has 0 spiro atoms. The summed E-state index contributed by atoms with van der Waals surface area (Å²) in [5.41, 5.74) is 2.51. The average Bonchev–Trinajstić information content (AvgIpc) is 2.36. The summed E-state index contributed by atoms with van der Waals surface area (Å²) >= 11 is 0. The third-order valence-electron chi connectivity index (χ3n) is 1.94. The molecule has 10 heavy (non-hydrogen) atoms. The Bertz CT molecular complexity index is 346. The van der Waals surface area contributed by atoms with E-state index in [4.69, 9.17) is 0 Å². The van der Waals surface area contributed by atoms with E-state index in [1.165, 1.54) is 10.8 Å². The molecule has 1 N–H and O–H groups in total. The molecule has 2 heterocycles. The van der Waals surface area contributed by atoms with E-state index in [2.05, 4.69) is 23.0 Å². The van der Waals surface area contributed by atoms with Crippen molar-refractivity contribution in [2.45, 2.75) is 13.3 Å². The van der Waals surface area contributed by atoms with Gasteiger partial charge < -0.3 is 4.98 Å². The van der Waals surface area contributed by atoms with Crippen LogP contribution in [-0.2, 0) is 0 Å². The first kappa shape index (κ1) is 5.71. The maximum absolute atomic E-state index is 4.33. The first-order valence-electron chi connectivity index (χ1n) is 3.55. The Morgan fingerprint density at radius 2 is 2.50 bits per heavy atom. The standard InChI is InChI=1S/C8H10N2/c1-6-2-4-9-8-7(6)3-5-10-8/h3,5H,2,4H2,1H3,(H,9,10). The lowest BCUT2D eigenvalue weighted by Crippen LogP contribution is -2.28. The van der Waals surface area contributed by atoms with Crippen molar-refractivity contribution in [2.24, 2.45) is 4.99 Å². The van der Waals surface area contributed by atoms with Gasteiger partial charge in [0.2, 0.25) is 0 Å². The molecule has 2 nitrogen and oxygen atoms in total. The zero-order chi connectivity index (χ0) is 6.97. The van der Waals surface area contributed by atoms with Crippen molar-refractivity contribution < 1.29 is 0 Å². The maximum atomic E-state index is 4.33. The van der Waals surface area contributed by atoms with Crippen LogP contribution in [0.5, 0.6) is 0 Å². The Kier molecular flexibility index (Phi) is 1.13. The van der Waals surface area contributed by atoms with Crippen LogP contribution in [0.1, 0.15) is 13.3 Å². The number of nitrogens with one attached hydrogen (secondary N) is 1. The van der Waals surface area contributed by atoms with Gasteiger partial charge in [-0.25, -0.2) is 0 Å². The fraction of sp³-hybridized carbons (Fsp3) is 0.375. The van der Waals surface area contributed by atoms with Crippen molar-refractivity contribution >= 4 is 5.57 Å². The predicted octanol–water partition coefficient (Wildman–Crippen LogP) is 0.209. The first-order valence-corrected chi connectivity index (χ1v) is 3.55. The molecule has 52 valence electrons. The van der Waals surface area contributed by atoms with E-state index in [1.54, 1.807) is 0 Å². The van der Waals surface area contributed by atoms with E-state index < -0.39 is 0 Å². The molecule has 1 aliphatic rings. The molecule has 1 aromatic heterocycles. The highest BCUT2D eigenvalue weighted by Crippen LogP contribution is 1.98. The number of rotatable bonds is 0. The molecule has 0 aromatic carbocycles. The zero-order valence-electron chi connectivity index (χ0n) is 6.02. The zero-order valence-corrected chi connectivity index (χ0v) is 6.02. The van der Waals surface area contributed by atoms with Crippen LogP contribution in [0.2, 0.25) is 0 Å². The summed E-state index contributed by atoms with van der Waals surface area (Å²) in [6, 6.07) is 2.09. The highest BCUT2D eigenvalue weighted by atomic mass is 14.8. The van der Waals surface area contributed by atoms with Crippen LogP contribution in [0.4, 0.5) is 0 Å². The second kappa shape index (κ2) is 1.97. The lowest BCUT2D eigenvalue weighted by molar-refractivity contribution is 0.912. The van der Waals surface area contributed by atoms with E-state index in [-0.39, 0.29) is 0 Å². The molecule has 0 atom stereocenters. The summed E-state index contributed by atoms with van der Waals surface area (Å²) in [6.45, 7) is 3.11. The predicted molar refractivity (Wildman–Crippen MR) is 40.1 cm³/mol. The van der Waals surface area contributed by atoms with Crippen LogP contribution in [0.15, 0.2) is 17.3 Å². The van der Waals surface area contributed by atoms with Gasteiger partial charge >= 0.3 is 0 Å². The molecular weight excluding hydrogens is 124 g/mol. The number of aromatic amines is 1. The second-order valence-corrected chi connectivity index (χ2v) is 2.65. The lowest BCUT2D eigenvalue weighted by Gasteiger charge is -2.00. The molecule has 0 bridgehead atoms. The highest BCUT2D eigenvalue weighted by Gasteiger charge is 1.99. The molecule has 0 radical (unpaired) electrons. The normalized spacial score (nSPS) is 16.3. The summed E-state index contributed by atoms with van der Waals surface area (Å²) in [4.78, 5) is 7.43. The van der Waals surface area contributed by atoms with E-state index in [0.29, 0.717) is 0 Å². The first-order chi connectivity index (χ1) is 4.88. The number of aromatic nitrogens is 1. The minimum atomic E-state index is 0.944. The third kappa shape index (κ3) is 0.685. The smallest absolute Gasteiger partial charge is 0.132 e. The summed E-state index contributed by atoms with van der Waals surface area (Å²) in [6.07, 6.45) is 3.06. The van der Waals surface area contributed by atoms with Crippen molar-refractivity contribution in [1.29, 1.82) is 0 Å². The molecule has 0 amide bonds. The number of fused-ring (bicyclic) bond motifs is 1. The monoisotopic (exact) mass is 134 g/mol. The van der Waals surface area contributed by atoms with E-state index >= 15 is 0 Å². The topological polar surface area (TPSA) is 28.1 Å². The third-order valence-corrected chi connectivity index (χ3v) is 1.94. The van der Waals surface area contributed by atoms with E-state index in [0.717, 1.165) is 18.5 Å². The fourth-order valence-corrected chi connectivity index (χ4v) is 1.31. The van der Waals surface area contributed by atoms with Gasteiger partial charge in [0, 0.05) is 18.0 Å². The van der Waals surface area contributed by atoms with E-state index in [1.807, 2.05) is 6.20 Å². The van der Waals surface area contributed by atoms with Gasteiger partial charge in [-0.15, -0.1) is 0 Å². The van der Waals surface area contributed by atoms with Crippen molar-refractivity contribution in [3.8, 4) is 0 Å². The largest absolute Gasteiger partial charge is 0.346 e. The van der Waals surface area contributed by atoms with Crippen molar-refractivity contribution in [2.75, 3.05) is 6.54 Å². The number of nitrogens with zero attached hydrogens (tertiary/aromatic N) is 1. The van der Waals surface area contributed by atoms with Gasteiger partial charge in [-0.3, -0.25) is 4.99 Å². The average molecular weight is 134 g/mol. The van der Waals surface area contributed by atoms with Crippen LogP contribution in [0.3, 0.4) is 0 Å². The minimum Gasteiger partial charge on any atom is -0.346 e. The van der Waals surface area contributed by atoms with Gasteiger partial charge in [0.05, 0.1) is 0 Å². The number of H-pyrrole nitrogens is 1. The van der Waals surface area contributed by atoms with Gasteiger partial charge in [-0.2, -0.15) is 0 Å². The van der Waals surface area contributed by atoms with E-state index in [9.17, 15) is 0 Å². The summed E-state index contributed by atoms with van der Waals surface area (Å²) < 4.78 is 0. The van der Waals surface area contributed by atoms with Crippen molar-refractivity contribution in [3.05, 3.63) is 23.0 Å². The lowest BCUT2D eigenvalue weighted by atomic mass is 10.1. The van der Waals surface area contributed by atoms with Crippen LogP contribution >= 0.6 is 0 Å². The van der Waals surface area contributed by atoms with Gasteiger partial charge in [-0.05, 0) is 19.4 Å². The summed E-state index contributed by atoms with van der Waals surface area (Å²) in [5.74, 6) is 0. The molecule has 1 aliphatic heterocycles. The second-order valence-electron chi connectivity index (χ2n) is 2.65. The van der Waals surface area contributed by atoms with Crippen LogP contribution in [-0.4, -0.2) is 11.5 Å². The highest BCUT2D eigenvalue weighted by molar-refractivity contribution is 5.41. The molecule has 0 saturated heterocycles. The molecule has 0 aliphatic carbocycles. The number of hydrogen-bond donors (Lipinski definition) is 1. The summed E-state index contributed by atoms with van der Waals surface area (Å²) in [5, 5.41) is 1.30. The molecule has 2 rings (SSSR count). The van der Waals surface area contributed by atoms with Gasteiger partial charge in [0.15, 0.2) is 0 Å². The van der Waals surface area contributed by atoms with Crippen LogP contribution < -0.4 is 10.7 Å².